The molecule has 19 heavy (non-hydrogen) atoms. The fourth-order valence-corrected chi connectivity index (χ4v) is 1.55. The number of nitrogens with one attached hydrogen (secondary N) is 1. The summed E-state index contributed by atoms with van der Waals surface area (Å²) in [5.74, 6) is -0.391. The molecule has 1 rings (SSSR count). The van der Waals surface area contributed by atoms with Gasteiger partial charge in [0.2, 0.25) is 5.76 Å². The number of hydrogen-bond acceptors (Lipinski definition) is 5. The molecule has 6 nitrogen and oxygen atoms in total. The van der Waals surface area contributed by atoms with Crippen LogP contribution in [-0.4, -0.2) is 56.4 Å². The Labute approximate surface area is 113 Å². The lowest BCUT2D eigenvalue weighted by molar-refractivity contribution is 0.0659. The molecule has 0 aliphatic heterocycles. The summed E-state index contributed by atoms with van der Waals surface area (Å²) in [5, 5.41) is 12.0. The number of carbonyl (C=O) groups is 1. The molecule has 0 unspecified atom stereocenters. The van der Waals surface area contributed by atoms with Crippen molar-refractivity contribution in [2.75, 3.05) is 40.4 Å². The molecule has 0 atom stereocenters. The SMILES string of the molecule is Cc1cc(CNCCOCCN(C)C)oc1C(=O)O. The molecule has 0 radical (unpaired) electrons. The Kier molecular flexibility index (Phi) is 6.55. The molecule has 0 fully saturated rings. The van der Waals surface area contributed by atoms with Gasteiger partial charge in [0.25, 0.3) is 0 Å². The van der Waals surface area contributed by atoms with Gasteiger partial charge in [-0.15, -0.1) is 0 Å². The van der Waals surface area contributed by atoms with Gasteiger partial charge in [-0.1, -0.05) is 0 Å². The average molecular weight is 270 g/mol. The summed E-state index contributed by atoms with van der Waals surface area (Å²) in [4.78, 5) is 12.9. The molecule has 0 amide bonds. The molecule has 0 aliphatic rings. The first-order valence-electron chi connectivity index (χ1n) is 6.26. The van der Waals surface area contributed by atoms with Crippen LogP contribution in [0, 0.1) is 6.92 Å². The Bertz CT molecular complexity index is 401. The number of furan rings is 1. The van der Waals surface area contributed by atoms with Gasteiger partial charge in [-0.3, -0.25) is 0 Å². The average Bonchev–Trinajstić information content (AvgIpc) is 2.69. The molecular formula is C13H22N2O4. The maximum Gasteiger partial charge on any atom is 0.372 e. The lowest BCUT2D eigenvalue weighted by Crippen LogP contribution is -2.22. The van der Waals surface area contributed by atoms with Crippen LogP contribution in [0.15, 0.2) is 10.5 Å². The summed E-state index contributed by atoms with van der Waals surface area (Å²) >= 11 is 0. The number of aromatic carboxylic acids is 1. The molecule has 108 valence electrons. The van der Waals surface area contributed by atoms with Crippen molar-refractivity contribution in [2.45, 2.75) is 13.5 Å². The van der Waals surface area contributed by atoms with Crippen LogP contribution in [0.4, 0.5) is 0 Å². The van der Waals surface area contributed by atoms with E-state index in [9.17, 15) is 4.79 Å². The van der Waals surface area contributed by atoms with E-state index in [1.165, 1.54) is 0 Å². The standard InChI is InChI=1S/C13H22N2O4/c1-10-8-11(19-12(10)13(16)17)9-14-4-6-18-7-5-15(2)3/h8,14H,4-7,9H2,1-3H3,(H,16,17). The fraction of sp³-hybridized carbons (Fsp3) is 0.615. The molecule has 0 saturated heterocycles. The molecule has 1 heterocycles. The Morgan fingerprint density at radius 3 is 2.79 bits per heavy atom. The summed E-state index contributed by atoms with van der Waals surface area (Å²) in [6.07, 6.45) is 0. The van der Waals surface area contributed by atoms with Crippen LogP contribution >= 0.6 is 0 Å². The molecule has 6 heteroatoms. The predicted molar refractivity (Wildman–Crippen MR) is 71.5 cm³/mol. The van der Waals surface area contributed by atoms with Crippen molar-refractivity contribution in [1.29, 1.82) is 0 Å². The van der Waals surface area contributed by atoms with Gasteiger partial charge in [-0.25, -0.2) is 4.79 Å². The molecule has 1 aromatic rings. The van der Waals surface area contributed by atoms with Crippen molar-refractivity contribution in [3.8, 4) is 0 Å². The third-order valence-corrected chi connectivity index (χ3v) is 2.57. The second kappa shape index (κ2) is 7.93. The predicted octanol–water partition coefficient (Wildman–Crippen LogP) is 0.954. The number of aryl methyl sites for hydroxylation is 1. The number of rotatable bonds is 9. The Morgan fingerprint density at radius 2 is 2.21 bits per heavy atom. The molecule has 2 N–H and O–H groups in total. The number of likely N-dealkylation sites (N-methyl/N-ethyl adjacent to an activating group) is 1. The Hall–Kier alpha value is -1.37. The smallest absolute Gasteiger partial charge is 0.372 e. The zero-order valence-electron chi connectivity index (χ0n) is 11.7. The van der Waals surface area contributed by atoms with Gasteiger partial charge in [0.05, 0.1) is 19.8 Å². The van der Waals surface area contributed by atoms with Gasteiger partial charge in [-0.2, -0.15) is 0 Å². The summed E-state index contributed by atoms with van der Waals surface area (Å²) < 4.78 is 10.6. The van der Waals surface area contributed by atoms with Crippen LogP contribution in [0.1, 0.15) is 21.9 Å². The summed E-state index contributed by atoms with van der Waals surface area (Å²) in [6, 6.07) is 1.74. The first kappa shape index (κ1) is 15.7. The molecule has 1 aromatic heterocycles. The summed E-state index contributed by atoms with van der Waals surface area (Å²) in [7, 11) is 4.00. The van der Waals surface area contributed by atoms with E-state index in [4.69, 9.17) is 14.3 Å². The number of nitrogens with zero attached hydrogens (tertiary/aromatic N) is 1. The minimum absolute atomic E-state index is 0.0130. The normalized spacial score (nSPS) is 11.2. The van der Waals surface area contributed by atoms with Gasteiger partial charge in [-0.05, 0) is 27.1 Å². The van der Waals surface area contributed by atoms with Crippen molar-refractivity contribution < 1.29 is 19.1 Å². The van der Waals surface area contributed by atoms with Crippen LogP contribution in [0.2, 0.25) is 0 Å². The third-order valence-electron chi connectivity index (χ3n) is 2.57. The Balaban J connectivity index is 2.16. The van der Waals surface area contributed by atoms with Crippen molar-refractivity contribution in [2.24, 2.45) is 0 Å². The number of carboxylic acid groups (broad SMARTS) is 1. The van der Waals surface area contributed by atoms with Gasteiger partial charge < -0.3 is 24.5 Å². The maximum absolute atomic E-state index is 10.8. The van der Waals surface area contributed by atoms with Crippen LogP contribution in [-0.2, 0) is 11.3 Å². The quantitative estimate of drug-likeness (QED) is 0.651. The van der Waals surface area contributed by atoms with Crippen molar-refractivity contribution in [3.63, 3.8) is 0 Å². The zero-order chi connectivity index (χ0) is 14.3. The second-order valence-electron chi connectivity index (χ2n) is 4.62. The summed E-state index contributed by atoms with van der Waals surface area (Å²) in [5.41, 5.74) is 0.645. The van der Waals surface area contributed by atoms with Crippen LogP contribution in [0.5, 0.6) is 0 Å². The highest BCUT2D eigenvalue weighted by Gasteiger charge is 2.13. The van der Waals surface area contributed by atoms with E-state index in [1.54, 1.807) is 13.0 Å². The van der Waals surface area contributed by atoms with E-state index in [0.29, 0.717) is 37.6 Å². The lowest BCUT2D eigenvalue weighted by Gasteiger charge is -2.09. The van der Waals surface area contributed by atoms with Crippen molar-refractivity contribution in [3.05, 3.63) is 23.2 Å². The van der Waals surface area contributed by atoms with Crippen LogP contribution < -0.4 is 5.32 Å². The minimum Gasteiger partial charge on any atom is -0.475 e. The highest BCUT2D eigenvalue weighted by atomic mass is 16.5. The van der Waals surface area contributed by atoms with Gasteiger partial charge in [0.15, 0.2) is 0 Å². The highest BCUT2D eigenvalue weighted by molar-refractivity contribution is 5.86. The van der Waals surface area contributed by atoms with Gasteiger partial charge >= 0.3 is 5.97 Å². The van der Waals surface area contributed by atoms with Crippen molar-refractivity contribution in [1.82, 2.24) is 10.2 Å². The van der Waals surface area contributed by atoms with E-state index in [2.05, 4.69) is 10.2 Å². The van der Waals surface area contributed by atoms with E-state index in [0.717, 1.165) is 6.54 Å². The van der Waals surface area contributed by atoms with Gasteiger partial charge in [0, 0.05) is 18.7 Å². The van der Waals surface area contributed by atoms with E-state index in [-0.39, 0.29) is 5.76 Å². The Morgan fingerprint density at radius 1 is 1.47 bits per heavy atom. The lowest BCUT2D eigenvalue weighted by atomic mass is 10.2. The largest absolute Gasteiger partial charge is 0.475 e. The van der Waals surface area contributed by atoms with E-state index >= 15 is 0 Å². The van der Waals surface area contributed by atoms with Gasteiger partial charge in [0.1, 0.15) is 5.76 Å². The molecule has 0 aliphatic carbocycles. The number of carboxylic acids is 1. The fourth-order valence-electron chi connectivity index (χ4n) is 1.55. The van der Waals surface area contributed by atoms with Crippen LogP contribution in [0.25, 0.3) is 0 Å². The number of hydrogen-bond donors (Lipinski definition) is 2. The number of ether oxygens (including phenoxy) is 1. The molecule has 0 saturated carbocycles. The highest BCUT2D eigenvalue weighted by Crippen LogP contribution is 2.14. The maximum atomic E-state index is 10.8. The summed E-state index contributed by atoms with van der Waals surface area (Å²) in [6.45, 7) is 5.16. The van der Waals surface area contributed by atoms with Crippen LogP contribution in [0.3, 0.4) is 0 Å². The van der Waals surface area contributed by atoms with E-state index < -0.39 is 5.97 Å². The first-order chi connectivity index (χ1) is 9.00. The minimum atomic E-state index is -1.03. The van der Waals surface area contributed by atoms with Crippen molar-refractivity contribution >= 4 is 5.97 Å². The van der Waals surface area contributed by atoms with E-state index in [1.807, 2.05) is 14.1 Å². The second-order valence-corrected chi connectivity index (χ2v) is 4.62. The zero-order valence-corrected chi connectivity index (χ0v) is 11.7. The first-order valence-corrected chi connectivity index (χ1v) is 6.26. The molecule has 0 bridgehead atoms. The monoisotopic (exact) mass is 270 g/mol. The topological polar surface area (TPSA) is 74.9 Å². The third kappa shape index (κ3) is 5.87. The molecular weight excluding hydrogens is 248 g/mol. The molecule has 0 spiro atoms. The molecule has 0 aromatic carbocycles.